The molecule has 0 radical (unpaired) electrons. The van der Waals surface area contributed by atoms with E-state index >= 15 is 0 Å². The van der Waals surface area contributed by atoms with E-state index < -0.39 is 12.1 Å². The maximum Gasteiger partial charge on any atom is 0.347 e. The van der Waals surface area contributed by atoms with Crippen LogP contribution in [0.25, 0.3) is 10.8 Å². The fourth-order valence-corrected chi connectivity index (χ4v) is 3.34. The number of nitrogens with zero attached hydrogens (tertiary/aromatic N) is 1. The maximum atomic E-state index is 12.9. The van der Waals surface area contributed by atoms with Gasteiger partial charge in [-0.05, 0) is 44.2 Å². The third-order valence-electron chi connectivity index (χ3n) is 4.87. The van der Waals surface area contributed by atoms with E-state index in [1.807, 2.05) is 0 Å². The van der Waals surface area contributed by atoms with Gasteiger partial charge in [0.15, 0.2) is 17.6 Å². The molecule has 1 aromatic heterocycles. The summed E-state index contributed by atoms with van der Waals surface area (Å²) in [6.07, 6.45) is 0.696. The van der Waals surface area contributed by atoms with Gasteiger partial charge in [-0.3, -0.25) is 9.59 Å². The minimum Gasteiger partial charge on any atom is -0.478 e. The fourth-order valence-electron chi connectivity index (χ4n) is 3.34. The first-order valence-corrected chi connectivity index (χ1v) is 10.1. The van der Waals surface area contributed by atoms with E-state index in [1.54, 1.807) is 56.3 Å². The number of anilines is 1. The molecular weight excluding hydrogens is 416 g/mol. The molecule has 2 aromatic carbocycles. The standard InChI is InChI=1S/C23H22N2O7/c1-3-29-23(28)14(2)32-18-6-4-5-17-16(18)9-10-25(22(17)27)12-21(26)24-15-7-8-19-20(11-15)31-13-30-19/h4-11,14H,3,12-13H2,1-2H3,(H,24,26)/t14-/m1/s1. The molecule has 0 aliphatic carbocycles. The number of hydrogen-bond donors (Lipinski definition) is 1. The van der Waals surface area contributed by atoms with Crippen LogP contribution in [0.15, 0.2) is 53.5 Å². The van der Waals surface area contributed by atoms with Crippen LogP contribution in [0.5, 0.6) is 17.2 Å². The lowest BCUT2D eigenvalue weighted by Gasteiger charge is -2.15. The number of hydrogen-bond acceptors (Lipinski definition) is 7. The molecule has 0 bridgehead atoms. The number of esters is 1. The largest absolute Gasteiger partial charge is 0.478 e. The van der Waals surface area contributed by atoms with Crippen molar-refractivity contribution in [3.05, 3.63) is 59.0 Å². The third-order valence-corrected chi connectivity index (χ3v) is 4.87. The molecule has 1 aliphatic heterocycles. The molecule has 0 unspecified atom stereocenters. The van der Waals surface area contributed by atoms with Gasteiger partial charge in [0.2, 0.25) is 12.7 Å². The van der Waals surface area contributed by atoms with Gasteiger partial charge >= 0.3 is 5.97 Å². The zero-order chi connectivity index (χ0) is 22.7. The van der Waals surface area contributed by atoms with E-state index in [0.717, 1.165) is 0 Å². The molecule has 166 valence electrons. The summed E-state index contributed by atoms with van der Waals surface area (Å²) in [5.41, 5.74) is 0.189. The van der Waals surface area contributed by atoms with Crippen molar-refractivity contribution in [1.29, 1.82) is 0 Å². The fraction of sp³-hybridized carbons (Fsp3) is 0.261. The molecule has 1 atom stereocenters. The number of pyridine rings is 1. The van der Waals surface area contributed by atoms with Crippen LogP contribution in [0, 0.1) is 0 Å². The molecule has 4 rings (SSSR count). The van der Waals surface area contributed by atoms with Gasteiger partial charge in [-0.25, -0.2) is 4.79 Å². The van der Waals surface area contributed by atoms with Crippen molar-refractivity contribution in [3.63, 3.8) is 0 Å². The summed E-state index contributed by atoms with van der Waals surface area (Å²) < 4.78 is 22.5. The number of benzene rings is 2. The Labute approximate surface area is 183 Å². The summed E-state index contributed by atoms with van der Waals surface area (Å²) in [6.45, 7) is 3.52. The van der Waals surface area contributed by atoms with Gasteiger partial charge in [-0.1, -0.05) is 6.07 Å². The Morgan fingerprint density at radius 2 is 1.94 bits per heavy atom. The van der Waals surface area contributed by atoms with Crippen LogP contribution in [0.2, 0.25) is 0 Å². The van der Waals surface area contributed by atoms with Crippen molar-refractivity contribution in [3.8, 4) is 17.2 Å². The molecular formula is C23H22N2O7. The first-order chi connectivity index (χ1) is 15.5. The average molecular weight is 438 g/mol. The number of aromatic nitrogens is 1. The third kappa shape index (κ3) is 4.36. The molecule has 0 saturated heterocycles. The van der Waals surface area contributed by atoms with Crippen LogP contribution in [-0.4, -0.2) is 35.9 Å². The number of rotatable bonds is 7. The number of fused-ring (bicyclic) bond motifs is 2. The Bertz CT molecular complexity index is 1230. The zero-order valence-corrected chi connectivity index (χ0v) is 17.6. The van der Waals surface area contributed by atoms with Gasteiger partial charge in [0.25, 0.3) is 5.56 Å². The van der Waals surface area contributed by atoms with Crippen LogP contribution < -0.4 is 25.1 Å². The van der Waals surface area contributed by atoms with Crippen LogP contribution in [0.4, 0.5) is 5.69 Å². The monoisotopic (exact) mass is 438 g/mol. The van der Waals surface area contributed by atoms with E-state index in [0.29, 0.717) is 33.7 Å². The molecule has 2 heterocycles. The maximum absolute atomic E-state index is 12.9. The first kappa shape index (κ1) is 21.2. The molecule has 0 saturated carbocycles. The van der Waals surface area contributed by atoms with Gasteiger partial charge < -0.3 is 28.8 Å². The van der Waals surface area contributed by atoms with Crippen LogP contribution >= 0.6 is 0 Å². The molecule has 3 aromatic rings. The summed E-state index contributed by atoms with van der Waals surface area (Å²) in [7, 11) is 0. The predicted molar refractivity (Wildman–Crippen MR) is 116 cm³/mol. The summed E-state index contributed by atoms with van der Waals surface area (Å²) in [4.78, 5) is 37.3. The highest BCUT2D eigenvalue weighted by molar-refractivity contribution is 5.92. The molecule has 32 heavy (non-hydrogen) atoms. The minimum absolute atomic E-state index is 0.142. The Hall–Kier alpha value is -4.01. The number of carbonyl (C=O) groups is 2. The summed E-state index contributed by atoms with van der Waals surface area (Å²) >= 11 is 0. The Kier molecular flexibility index (Phi) is 5.98. The molecule has 1 N–H and O–H groups in total. The Morgan fingerprint density at radius 1 is 1.12 bits per heavy atom. The van der Waals surface area contributed by atoms with Crippen molar-refractivity contribution in [1.82, 2.24) is 4.57 Å². The Morgan fingerprint density at radius 3 is 2.75 bits per heavy atom. The van der Waals surface area contributed by atoms with Gasteiger partial charge in [0, 0.05) is 23.3 Å². The van der Waals surface area contributed by atoms with Crippen LogP contribution in [-0.2, 0) is 20.9 Å². The summed E-state index contributed by atoms with van der Waals surface area (Å²) in [5.74, 6) is 0.697. The summed E-state index contributed by atoms with van der Waals surface area (Å²) in [6, 6.07) is 11.7. The van der Waals surface area contributed by atoms with Crippen LogP contribution in [0.3, 0.4) is 0 Å². The van der Waals surface area contributed by atoms with Gasteiger partial charge in [0.1, 0.15) is 12.3 Å². The van der Waals surface area contributed by atoms with Crippen molar-refractivity contribution in [2.24, 2.45) is 0 Å². The van der Waals surface area contributed by atoms with E-state index in [4.69, 9.17) is 18.9 Å². The van der Waals surface area contributed by atoms with E-state index in [9.17, 15) is 14.4 Å². The second-order valence-corrected chi connectivity index (χ2v) is 7.09. The number of carbonyl (C=O) groups excluding carboxylic acids is 2. The van der Waals surface area contributed by atoms with Gasteiger partial charge in [-0.15, -0.1) is 0 Å². The quantitative estimate of drug-likeness (QED) is 0.566. The van der Waals surface area contributed by atoms with Gasteiger partial charge in [-0.2, -0.15) is 0 Å². The second-order valence-electron chi connectivity index (χ2n) is 7.09. The smallest absolute Gasteiger partial charge is 0.347 e. The highest BCUT2D eigenvalue weighted by atomic mass is 16.7. The lowest BCUT2D eigenvalue weighted by atomic mass is 10.1. The molecule has 9 nitrogen and oxygen atoms in total. The van der Waals surface area contributed by atoms with E-state index in [-0.39, 0.29) is 31.4 Å². The highest BCUT2D eigenvalue weighted by Gasteiger charge is 2.18. The summed E-state index contributed by atoms with van der Waals surface area (Å²) in [5, 5.41) is 3.66. The van der Waals surface area contributed by atoms with Crippen molar-refractivity contribution in [2.75, 3.05) is 18.7 Å². The van der Waals surface area contributed by atoms with Crippen LogP contribution in [0.1, 0.15) is 13.8 Å². The molecule has 9 heteroatoms. The second kappa shape index (κ2) is 9.01. The van der Waals surface area contributed by atoms with Crippen molar-refractivity contribution in [2.45, 2.75) is 26.5 Å². The van der Waals surface area contributed by atoms with Crippen molar-refractivity contribution >= 4 is 28.3 Å². The molecule has 1 aliphatic rings. The van der Waals surface area contributed by atoms with Gasteiger partial charge in [0.05, 0.1) is 12.0 Å². The number of nitrogens with one attached hydrogen (secondary N) is 1. The highest BCUT2D eigenvalue weighted by Crippen LogP contribution is 2.34. The average Bonchev–Trinajstić information content (AvgIpc) is 3.24. The Balaban J connectivity index is 1.51. The topological polar surface area (TPSA) is 105 Å². The van der Waals surface area contributed by atoms with E-state index in [2.05, 4.69) is 5.32 Å². The first-order valence-electron chi connectivity index (χ1n) is 10.1. The molecule has 0 fully saturated rings. The zero-order valence-electron chi connectivity index (χ0n) is 17.6. The predicted octanol–water partition coefficient (Wildman–Crippen LogP) is 2.70. The lowest BCUT2D eigenvalue weighted by molar-refractivity contribution is -0.150. The lowest BCUT2D eigenvalue weighted by Crippen LogP contribution is -2.28. The SMILES string of the molecule is CCOC(=O)[C@@H](C)Oc1cccc2c(=O)n(CC(=O)Nc3ccc4c(c3)OCO4)ccc12. The number of ether oxygens (including phenoxy) is 4. The molecule has 0 spiro atoms. The number of amides is 1. The minimum atomic E-state index is -0.824. The van der Waals surface area contributed by atoms with E-state index in [1.165, 1.54) is 10.8 Å². The normalized spacial score (nSPS) is 12.9. The van der Waals surface area contributed by atoms with Crippen molar-refractivity contribution < 1.29 is 28.5 Å². The molecule has 1 amide bonds.